The summed E-state index contributed by atoms with van der Waals surface area (Å²) in [4.78, 5) is 7.23. The van der Waals surface area contributed by atoms with E-state index in [4.69, 9.17) is 0 Å². The largest absolute Gasteiger partial charge is 0.480 e. The van der Waals surface area contributed by atoms with Gasteiger partial charge in [-0.1, -0.05) is 0 Å². The summed E-state index contributed by atoms with van der Waals surface area (Å²) in [5.41, 5.74) is -0.211. The van der Waals surface area contributed by atoms with Crippen molar-refractivity contribution >= 4 is 0 Å². The predicted octanol–water partition coefficient (Wildman–Crippen LogP) is 1.47. The molecule has 15 heavy (non-hydrogen) atoms. The molecular formula is C8H9F3N2O2. The van der Waals surface area contributed by atoms with Crippen LogP contribution in [0.4, 0.5) is 13.2 Å². The van der Waals surface area contributed by atoms with Gasteiger partial charge in [0.25, 0.3) is 0 Å². The summed E-state index contributed by atoms with van der Waals surface area (Å²) in [6.07, 6.45) is -5.13. The standard InChI is InChI=1S/C8H9F3N2O2/c1-15-7-6(12-2-3-13-7)5(14)4-8(9,10)11/h2-3,5,14H,4H2,1H3. The van der Waals surface area contributed by atoms with Crippen molar-refractivity contribution in [1.29, 1.82) is 0 Å². The number of ether oxygens (including phenoxy) is 1. The van der Waals surface area contributed by atoms with Gasteiger partial charge >= 0.3 is 6.18 Å². The van der Waals surface area contributed by atoms with Crippen molar-refractivity contribution in [2.75, 3.05) is 7.11 Å². The fourth-order valence-corrected chi connectivity index (χ4v) is 1.04. The van der Waals surface area contributed by atoms with Crippen molar-refractivity contribution in [3.05, 3.63) is 18.1 Å². The van der Waals surface area contributed by atoms with Crippen LogP contribution < -0.4 is 4.74 Å². The zero-order valence-electron chi connectivity index (χ0n) is 7.82. The first-order chi connectivity index (χ1) is 6.94. The highest BCUT2D eigenvalue weighted by Crippen LogP contribution is 2.31. The minimum atomic E-state index is -4.46. The van der Waals surface area contributed by atoms with Gasteiger partial charge in [0.1, 0.15) is 11.8 Å². The molecule has 1 aromatic heterocycles. The van der Waals surface area contributed by atoms with Crippen LogP contribution in [0.2, 0.25) is 0 Å². The monoisotopic (exact) mass is 222 g/mol. The molecule has 0 fully saturated rings. The fraction of sp³-hybridized carbons (Fsp3) is 0.500. The van der Waals surface area contributed by atoms with Crippen LogP contribution in [0.5, 0.6) is 5.88 Å². The summed E-state index contributed by atoms with van der Waals surface area (Å²) >= 11 is 0. The number of aliphatic hydroxyl groups is 1. The Bertz CT molecular complexity index is 330. The molecule has 1 unspecified atom stereocenters. The third-order valence-corrected chi connectivity index (χ3v) is 1.62. The van der Waals surface area contributed by atoms with Crippen molar-refractivity contribution < 1.29 is 23.0 Å². The summed E-state index contributed by atoms with van der Waals surface area (Å²) < 4.78 is 40.6. The summed E-state index contributed by atoms with van der Waals surface area (Å²) in [6, 6.07) is 0. The maximum absolute atomic E-state index is 12.0. The van der Waals surface area contributed by atoms with Crippen LogP contribution in [0.1, 0.15) is 18.2 Å². The third kappa shape index (κ3) is 3.35. The van der Waals surface area contributed by atoms with E-state index in [0.29, 0.717) is 0 Å². The highest BCUT2D eigenvalue weighted by molar-refractivity contribution is 5.19. The second-order valence-electron chi connectivity index (χ2n) is 2.79. The van der Waals surface area contributed by atoms with Gasteiger partial charge in [-0.2, -0.15) is 13.2 Å². The number of nitrogens with zero attached hydrogens (tertiary/aromatic N) is 2. The Labute approximate surface area is 83.7 Å². The highest BCUT2D eigenvalue weighted by atomic mass is 19.4. The summed E-state index contributed by atoms with van der Waals surface area (Å²) in [7, 11) is 1.24. The van der Waals surface area contributed by atoms with Crippen LogP contribution in [0.15, 0.2) is 12.4 Å². The van der Waals surface area contributed by atoms with Gasteiger partial charge in [0.15, 0.2) is 0 Å². The average molecular weight is 222 g/mol. The number of halogens is 3. The number of aliphatic hydroxyl groups excluding tert-OH is 1. The zero-order valence-corrected chi connectivity index (χ0v) is 7.82. The molecule has 7 heteroatoms. The van der Waals surface area contributed by atoms with Gasteiger partial charge < -0.3 is 9.84 Å². The summed E-state index contributed by atoms with van der Waals surface area (Å²) in [6.45, 7) is 0. The molecule has 0 saturated heterocycles. The van der Waals surface area contributed by atoms with Gasteiger partial charge in [0, 0.05) is 12.4 Å². The Morgan fingerprint density at radius 3 is 2.53 bits per heavy atom. The van der Waals surface area contributed by atoms with Crippen molar-refractivity contribution in [3.63, 3.8) is 0 Å². The van der Waals surface area contributed by atoms with Crippen molar-refractivity contribution in [2.45, 2.75) is 18.7 Å². The third-order valence-electron chi connectivity index (χ3n) is 1.62. The van der Waals surface area contributed by atoms with Gasteiger partial charge in [-0.05, 0) is 0 Å². The SMILES string of the molecule is COc1nccnc1C(O)CC(F)(F)F. The smallest absolute Gasteiger partial charge is 0.391 e. The van der Waals surface area contributed by atoms with E-state index in [1.165, 1.54) is 19.5 Å². The Morgan fingerprint density at radius 2 is 2.00 bits per heavy atom. The van der Waals surface area contributed by atoms with Crippen LogP contribution >= 0.6 is 0 Å². The quantitative estimate of drug-likeness (QED) is 0.841. The lowest BCUT2D eigenvalue weighted by Crippen LogP contribution is -2.15. The first-order valence-corrected chi connectivity index (χ1v) is 4.03. The number of alkyl halides is 3. The van der Waals surface area contributed by atoms with Gasteiger partial charge in [-0.3, -0.25) is 4.98 Å². The van der Waals surface area contributed by atoms with Crippen LogP contribution in [0.3, 0.4) is 0 Å². The van der Waals surface area contributed by atoms with E-state index < -0.39 is 18.7 Å². The molecule has 0 spiro atoms. The molecular weight excluding hydrogens is 213 g/mol. The first kappa shape index (κ1) is 11.7. The molecule has 0 amide bonds. The molecule has 1 aromatic rings. The normalized spacial score (nSPS) is 13.7. The molecule has 0 aliphatic rings. The minimum absolute atomic E-state index is 0.103. The second-order valence-corrected chi connectivity index (χ2v) is 2.79. The van der Waals surface area contributed by atoms with Crippen LogP contribution in [-0.4, -0.2) is 28.4 Å². The Hall–Kier alpha value is -1.37. The average Bonchev–Trinajstić information content (AvgIpc) is 2.15. The number of hydrogen-bond acceptors (Lipinski definition) is 4. The minimum Gasteiger partial charge on any atom is -0.480 e. The summed E-state index contributed by atoms with van der Waals surface area (Å²) in [5.74, 6) is -0.103. The molecule has 0 aromatic carbocycles. The fourth-order valence-electron chi connectivity index (χ4n) is 1.04. The molecule has 4 nitrogen and oxygen atoms in total. The molecule has 1 N–H and O–H groups in total. The maximum atomic E-state index is 12.0. The molecule has 0 saturated carbocycles. The van der Waals surface area contributed by atoms with E-state index >= 15 is 0 Å². The maximum Gasteiger partial charge on any atom is 0.391 e. The Kier molecular flexibility index (Phi) is 3.46. The van der Waals surface area contributed by atoms with Crippen LogP contribution in [-0.2, 0) is 0 Å². The molecule has 0 aliphatic heterocycles. The van der Waals surface area contributed by atoms with Gasteiger partial charge in [-0.15, -0.1) is 0 Å². The number of aromatic nitrogens is 2. The van der Waals surface area contributed by atoms with E-state index in [2.05, 4.69) is 14.7 Å². The Morgan fingerprint density at radius 1 is 1.40 bits per heavy atom. The molecule has 1 atom stereocenters. The van der Waals surface area contributed by atoms with E-state index in [0.717, 1.165) is 0 Å². The first-order valence-electron chi connectivity index (χ1n) is 4.03. The lowest BCUT2D eigenvalue weighted by Gasteiger charge is -2.13. The van der Waals surface area contributed by atoms with Crippen molar-refractivity contribution in [2.24, 2.45) is 0 Å². The van der Waals surface area contributed by atoms with Gasteiger partial charge in [-0.25, -0.2) is 4.98 Å². The number of hydrogen-bond donors (Lipinski definition) is 1. The van der Waals surface area contributed by atoms with Gasteiger partial charge in [0.05, 0.1) is 13.5 Å². The van der Waals surface area contributed by atoms with Crippen LogP contribution in [0.25, 0.3) is 0 Å². The lowest BCUT2D eigenvalue weighted by molar-refractivity contribution is -0.154. The highest BCUT2D eigenvalue weighted by Gasteiger charge is 2.33. The topological polar surface area (TPSA) is 55.2 Å². The van der Waals surface area contributed by atoms with Crippen LogP contribution in [0, 0.1) is 0 Å². The van der Waals surface area contributed by atoms with E-state index in [-0.39, 0.29) is 11.6 Å². The van der Waals surface area contributed by atoms with E-state index in [9.17, 15) is 18.3 Å². The van der Waals surface area contributed by atoms with Gasteiger partial charge in [0.2, 0.25) is 5.88 Å². The van der Waals surface area contributed by atoms with Crippen molar-refractivity contribution in [1.82, 2.24) is 9.97 Å². The number of methoxy groups -OCH3 is 1. The molecule has 0 aliphatic carbocycles. The lowest BCUT2D eigenvalue weighted by atomic mass is 10.2. The molecule has 1 rings (SSSR count). The van der Waals surface area contributed by atoms with E-state index in [1.807, 2.05) is 0 Å². The second kappa shape index (κ2) is 4.43. The van der Waals surface area contributed by atoms with Crippen molar-refractivity contribution in [3.8, 4) is 5.88 Å². The molecule has 84 valence electrons. The predicted molar refractivity (Wildman–Crippen MR) is 44.2 cm³/mol. The molecule has 0 radical (unpaired) electrons. The van der Waals surface area contributed by atoms with E-state index in [1.54, 1.807) is 0 Å². The summed E-state index contributed by atoms with van der Waals surface area (Å²) in [5, 5.41) is 9.27. The zero-order chi connectivity index (χ0) is 11.5. The number of rotatable bonds is 3. The Balaban J connectivity index is 2.86. The molecule has 0 bridgehead atoms. The molecule has 1 heterocycles.